The zero-order valence-electron chi connectivity index (χ0n) is 14.7. The molecule has 0 atom stereocenters. The van der Waals surface area contributed by atoms with E-state index in [0.29, 0.717) is 17.4 Å². The summed E-state index contributed by atoms with van der Waals surface area (Å²) in [5.41, 5.74) is 1.74. The van der Waals surface area contributed by atoms with E-state index >= 15 is 0 Å². The predicted octanol–water partition coefficient (Wildman–Crippen LogP) is 2.31. The molecule has 2 amide bonds. The Balaban J connectivity index is 1.55. The van der Waals surface area contributed by atoms with Crippen LogP contribution in [0, 0.1) is 18.6 Å². The van der Waals surface area contributed by atoms with Crippen molar-refractivity contribution in [3.05, 3.63) is 53.4 Å². The summed E-state index contributed by atoms with van der Waals surface area (Å²) < 4.78 is 28.1. The quantitative estimate of drug-likeness (QED) is 0.718. The minimum Gasteiger partial charge on any atom is -0.351 e. The summed E-state index contributed by atoms with van der Waals surface area (Å²) >= 11 is 0. The molecular weight excluding hydrogens is 356 g/mol. The Morgan fingerprint density at radius 1 is 1.22 bits per heavy atom. The number of benzene rings is 1. The second-order valence-corrected chi connectivity index (χ2v) is 5.98. The van der Waals surface area contributed by atoms with Gasteiger partial charge in [0.25, 0.3) is 5.91 Å². The third kappa shape index (κ3) is 4.08. The Labute approximate surface area is 153 Å². The van der Waals surface area contributed by atoms with Crippen LogP contribution in [0.4, 0.5) is 14.5 Å². The number of aryl methyl sites for hydroxylation is 2. The molecule has 0 aliphatic carbocycles. The van der Waals surface area contributed by atoms with E-state index in [1.54, 1.807) is 17.8 Å². The number of nitrogens with one attached hydrogen (secondary N) is 2. The average Bonchev–Trinajstić information content (AvgIpc) is 2.88. The van der Waals surface area contributed by atoms with Gasteiger partial charge in [0.15, 0.2) is 5.65 Å². The molecule has 2 aromatic heterocycles. The van der Waals surface area contributed by atoms with Crippen LogP contribution in [0.15, 0.2) is 30.5 Å². The SMILES string of the molecule is Cc1nn(C)c2ncc(NC(=O)CCNC(=O)c3ccc(F)cc3F)cc12. The number of amides is 2. The van der Waals surface area contributed by atoms with Crippen LogP contribution in [0.25, 0.3) is 11.0 Å². The van der Waals surface area contributed by atoms with Crippen molar-refractivity contribution in [1.82, 2.24) is 20.1 Å². The lowest BCUT2D eigenvalue weighted by molar-refractivity contribution is -0.116. The van der Waals surface area contributed by atoms with Gasteiger partial charge < -0.3 is 10.6 Å². The Bertz CT molecular complexity index is 1030. The van der Waals surface area contributed by atoms with Crippen molar-refractivity contribution >= 4 is 28.5 Å². The number of carbonyl (C=O) groups excluding carboxylic acids is 2. The molecule has 1 aromatic carbocycles. The first kappa shape index (κ1) is 18.4. The summed E-state index contributed by atoms with van der Waals surface area (Å²) in [6.45, 7) is 1.85. The van der Waals surface area contributed by atoms with Gasteiger partial charge in [0.2, 0.25) is 5.91 Å². The molecule has 0 bridgehead atoms. The Morgan fingerprint density at radius 3 is 2.74 bits per heavy atom. The predicted molar refractivity (Wildman–Crippen MR) is 95.2 cm³/mol. The van der Waals surface area contributed by atoms with Crippen molar-refractivity contribution in [2.45, 2.75) is 13.3 Å². The summed E-state index contributed by atoms with van der Waals surface area (Å²) in [6.07, 6.45) is 1.51. The van der Waals surface area contributed by atoms with E-state index in [4.69, 9.17) is 0 Å². The van der Waals surface area contributed by atoms with Crippen LogP contribution in [0.5, 0.6) is 0 Å². The van der Waals surface area contributed by atoms with Crippen molar-refractivity contribution in [3.63, 3.8) is 0 Å². The zero-order chi connectivity index (χ0) is 19.6. The van der Waals surface area contributed by atoms with E-state index in [1.165, 1.54) is 6.20 Å². The van der Waals surface area contributed by atoms with Crippen molar-refractivity contribution in [3.8, 4) is 0 Å². The standard InChI is InChI=1S/C18H17F2N5O2/c1-10-14-8-12(9-22-17(14)25(2)24-10)23-16(26)5-6-21-18(27)13-4-3-11(19)7-15(13)20/h3-4,7-9H,5-6H2,1-2H3,(H,21,27)(H,23,26). The molecule has 0 saturated heterocycles. The summed E-state index contributed by atoms with van der Waals surface area (Å²) in [4.78, 5) is 28.2. The Morgan fingerprint density at radius 2 is 2.00 bits per heavy atom. The summed E-state index contributed by atoms with van der Waals surface area (Å²) in [6, 6.07) is 4.45. The second-order valence-electron chi connectivity index (χ2n) is 5.98. The lowest BCUT2D eigenvalue weighted by Crippen LogP contribution is -2.28. The fourth-order valence-corrected chi connectivity index (χ4v) is 2.66. The highest BCUT2D eigenvalue weighted by molar-refractivity contribution is 5.96. The van der Waals surface area contributed by atoms with Gasteiger partial charge in [-0.1, -0.05) is 0 Å². The minimum atomic E-state index is -0.955. The maximum absolute atomic E-state index is 13.5. The number of anilines is 1. The van der Waals surface area contributed by atoms with Crippen molar-refractivity contribution < 1.29 is 18.4 Å². The van der Waals surface area contributed by atoms with Crippen LogP contribution in [-0.4, -0.2) is 33.1 Å². The van der Waals surface area contributed by atoms with Crippen LogP contribution in [0.1, 0.15) is 22.5 Å². The van der Waals surface area contributed by atoms with E-state index in [2.05, 4.69) is 20.7 Å². The highest BCUT2D eigenvalue weighted by Crippen LogP contribution is 2.19. The second kappa shape index (κ2) is 7.48. The summed E-state index contributed by atoms with van der Waals surface area (Å²) in [7, 11) is 1.78. The molecule has 9 heteroatoms. The van der Waals surface area contributed by atoms with Crippen LogP contribution in [-0.2, 0) is 11.8 Å². The molecule has 0 radical (unpaired) electrons. The largest absolute Gasteiger partial charge is 0.351 e. The fourth-order valence-electron chi connectivity index (χ4n) is 2.66. The first-order valence-corrected chi connectivity index (χ1v) is 8.17. The molecular formula is C18H17F2N5O2. The molecule has 0 unspecified atom stereocenters. The molecule has 3 aromatic rings. The average molecular weight is 373 g/mol. The van der Waals surface area contributed by atoms with Crippen molar-refractivity contribution in [2.75, 3.05) is 11.9 Å². The van der Waals surface area contributed by atoms with Gasteiger partial charge in [0.05, 0.1) is 23.1 Å². The highest BCUT2D eigenvalue weighted by atomic mass is 19.1. The van der Waals surface area contributed by atoms with Crippen LogP contribution in [0.2, 0.25) is 0 Å². The third-order valence-corrected chi connectivity index (χ3v) is 3.96. The number of fused-ring (bicyclic) bond motifs is 1. The Kier molecular flexibility index (Phi) is 5.11. The van der Waals surface area contributed by atoms with Gasteiger partial charge in [-0.05, 0) is 25.1 Å². The Hall–Kier alpha value is -3.36. The lowest BCUT2D eigenvalue weighted by atomic mass is 10.2. The fraction of sp³-hybridized carbons (Fsp3) is 0.222. The first-order chi connectivity index (χ1) is 12.8. The van der Waals surface area contributed by atoms with Crippen molar-refractivity contribution in [1.29, 1.82) is 0 Å². The summed E-state index contributed by atoms with van der Waals surface area (Å²) in [5.74, 6) is -2.77. The van der Waals surface area contributed by atoms with Crippen LogP contribution >= 0.6 is 0 Å². The third-order valence-electron chi connectivity index (χ3n) is 3.96. The number of hydrogen-bond donors (Lipinski definition) is 2. The van der Waals surface area contributed by atoms with Gasteiger partial charge in [-0.3, -0.25) is 14.3 Å². The van der Waals surface area contributed by atoms with E-state index in [1.807, 2.05) is 6.92 Å². The van der Waals surface area contributed by atoms with Crippen molar-refractivity contribution in [2.24, 2.45) is 7.05 Å². The maximum atomic E-state index is 13.5. The van der Waals surface area contributed by atoms with Gasteiger partial charge in [-0.25, -0.2) is 13.8 Å². The molecule has 27 heavy (non-hydrogen) atoms. The molecule has 140 valence electrons. The number of aromatic nitrogens is 3. The summed E-state index contributed by atoms with van der Waals surface area (Å²) in [5, 5.41) is 10.2. The number of rotatable bonds is 5. The monoisotopic (exact) mass is 373 g/mol. The number of carbonyl (C=O) groups is 2. The number of nitrogens with zero attached hydrogens (tertiary/aromatic N) is 3. The molecule has 2 heterocycles. The molecule has 0 fully saturated rings. The van der Waals surface area contributed by atoms with Gasteiger partial charge in [-0.15, -0.1) is 0 Å². The minimum absolute atomic E-state index is 0.00305. The first-order valence-electron chi connectivity index (χ1n) is 8.17. The van der Waals surface area contributed by atoms with Gasteiger partial charge in [0.1, 0.15) is 11.6 Å². The number of hydrogen-bond acceptors (Lipinski definition) is 4. The number of pyridine rings is 1. The van der Waals surface area contributed by atoms with E-state index in [0.717, 1.165) is 23.2 Å². The van der Waals surface area contributed by atoms with E-state index in [-0.39, 0.29) is 24.4 Å². The molecule has 0 aliphatic heterocycles. The molecule has 0 aliphatic rings. The van der Waals surface area contributed by atoms with E-state index in [9.17, 15) is 18.4 Å². The van der Waals surface area contributed by atoms with E-state index < -0.39 is 17.5 Å². The highest BCUT2D eigenvalue weighted by Gasteiger charge is 2.13. The lowest BCUT2D eigenvalue weighted by Gasteiger charge is -2.07. The topological polar surface area (TPSA) is 88.9 Å². The molecule has 3 rings (SSSR count). The van der Waals surface area contributed by atoms with Crippen LogP contribution < -0.4 is 10.6 Å². The van der Waals surface area contributed by atoms with Gasteiger partial charge in [-0.2, -0.15) is 5.10 Å². The van der Waals surface area contributed by atoms with Gasteiger partial charge in [0, 0.05) is 31.5 Å². The normalized spacial score (nSPS) is 10.8. The molecule has 0 spiro atoms. The smallest absolute Gasteiger partial charge is 0.254 e. The molecule has 0 saturated carbocycles. The van der Waals surface area contributed by atoms with Crippen LogP contribution in [0.3, 0.4) is 0 Å². The molecule has 7 nitrogen and oxygen atoms in total. The number of halogens is 2. The zero-order valence-corrected chi connectivity index (χ0v) is 14.7. The molecule has 2 N–H and O–H groups in total. The maximum Gasteiger partial charge on any atom is 0.254 e. The van der Waals surface area contributed by atoms with Gasteiger partial charge >= 0.3 is 0 Å².